The van der Waals surface area contributed by atoms with Gasteiger partial charge in [0.2, 0.25) is 5.91 Å². The number of hydrogen-bond acceptors (Lipinski definition) is 4. The molecular weight excluding hydrogens is 330 g/mol. The maximum Gasteiger partial charge on any atom is 0.287 e. The van der Waals surface area contributed by atoms with Crippen molar-refractivity contribution in [3.8, 4) is 0 Å². The van der Waals surface area contributed by atoms with Crippen LogP contribution in [-0.4, -0.2) is 60.4 Å². The van der Waals surface area contributed by atoms with Crippen molar-refractivity contribution in [3.05, 3.63) is 60.1 Å². The molecule has 1 saturated heterocycles. The average Bonchev–Trinajstić information content (AvgIpc) is 3.23. The minimum atomic E-state index is -0.608. The molecule has 2 amide bonds. The quantitative estimate of drug-likeness (QED) is 0.858. The van der Waals surface area contributed by atoms with Crippen LogP contribution >= 0.6 is 0 Å². The Morgan fingerprint density at radius 1 is 1.08 bits per heavy atom. The van der Waals surface area contributed by atoms with Gasteiger partial charge in [-0.05, 0) is 24.2 Å². The molecule has 2 aromatic rings. The predicted octanol–water partition coefficient (Wildman–Crippen LogP) is 1.78. The van der Waals surface area contributed by atoms with Crippen molar-refractivity contribution in [2.24, 2.45) is 0 Å². The number of rotatable bonds is 6. The zero-order valence-corrected chi connectivity index (χ0v) is 15.1. The summed E-state index contributed by atoms with van der Waals surface area (Å²) in [4.78, 5) is 29.6. The molecule has 1 aromatic carbocycles. The summed E-state index contributed by atoms with van der Waals surface area (Å²) in [6.07, 6.45) is 1.91. The number of carbonyl (C=O) groups excluding carboxylic acids is 2. The molecule has 138 valence electrons. The van der Waals surface area contributed by atoms with Gasteiger partial charge in [0.05, 0.1) is 6.26 Å². The molecule has 0 aliphatic carbocycles. The minimum Gasteiger partial charge on any atom is -0.459 e. The molecule has 3 rings (SSSR count). The van der Waals surface area contributed by atoms with E-state index in [-0.39, 0.29) is 17.6 Å². The zero-order valence-electron chi connectivity index (χ0n) is 15.1. The topological polar surface area (TPSA) is 65.8 Å². The highest BCUT2D eigenvalue weighted by molar-refractivity contribution is 5.95. The lowest BCUT2D eigenvalue weighted by molar-refractivity contribution is -0.135. The van der Waals surface area contributed by atoms with Gasteiger partial charge in [0.1, 0.15) is 6.04 Å². The predicted molar refractivity (Wildman–Crippen MR) is 98.8 cm³/mol. The third-order valence-electron chi connectivity index (χ3n) is 4.76. The van der Waals surface area contributed by atoms with Crippen LogP contribution in [0.3, 0.4) is 0 Å². The van der Waals surface area contributed by atoms with Gasteiger partial charge in [-0.15, -0.1) is 0 Å². The zero-order chi connectivity index (χ0) is 18.4. The second kappa shape index (κ2) is 8.67. The molecule has 0 spiro atoms. The molecule has 1 aromatic heterocycles. The van der Waals surface area contributed by atoms with Crippen molar-refractivity contribution in [2.45, 2.75) is 19.4 Å². The lowest BCUT2D eigenvalue weighted by Crippen LogP contribution is -2.55. The van der Waals surface area contributed by atoms with E-state index in [1.54, 1.807) is 12.1 Å². The molecule has 6 nitrogen and oxygen atoms in total. The number of nitrogens with zero attached hydrogens (tertiary/aromatic N) is 2. The van der Waals surface area contributed by atoms with Gasteiger partial charge in [-0.1, -0.05) is 37.3 Å². The van der Waals surface area contributed by atoms with Crippen LogP contribution in [0.5, 0.6) is 0 Å². The molecule has 0 saturated carbocycles. The number of hydrogen-bond donors (Lipinski definition) is 1. The van der Waals surface area contributed by atoms with Gasteiger partial charge in [0.25, 0.3) is 5.91 Å². The standard InChI is InChI=1S/C20H25N3O3/c1-2-22-10-12-23(13-11-22)20(25)17(15-16-7-4-3-5-8-16)21-19(24)18-9-6-14-26-18/h3-9,14,17H,2,10-13,15H2,1H3,(H,21,24)/t17-/m1/s1. The number of benzene rings is 1. The Morgan fingerprint density at radius 3 is 2.42 bits per heavy atom. The van der Waals surface area contributed by atoms with E-state index in [0.717, 1.165) is 25.2 Å². The van der Waals surface area contributed by atoms with Crippen molar-refractivity contribution in [3.63, 3.8) is 0 Å². The summed E-state index contributed by atoms with van der Waals surface area (Å²) in [5, 5.41) is 2.85. The smallest absolute Gasteiger partial charge is 0.287 e. The lowest BCUT2D eigenvalue weighted by atomic mass is 10.0. The molecule has 26 heavy (non-hydrogen) atoms. The highest BCUT2D eigenvalue weighted by Crippen LogP contribution is 2.10. The van der Waals surface area contributed by atoms with Gasteiger partial charge in [-0.2, -0.15) is 0 Å². The van der Waals surface area contributed by atoms with E-state index >= 15 is 0 Å². The molecule has 1 N–H and O–H groups in total. The highest BCUT2D eigenvalue weighted by atomic mass is 16.3. The Labute approximate surface area is 153 Å². The fourth-order valence-corrected chi connectivity index (χ4v) is 3.19. The van der Waals surface area contributed by atoms with Crippen LogP contribution in [-0.2, 0) is 11.2 Å². The second-order valence-electron chi connectivity index (χ2n) is 6.45. The number of piperazine rings is 1. The van der Waals surface area contributed by atoms with E-state index in [0.29, 0.717) is 19.5 Å². The van der Waals surface area contributed by atoms with E-state index in [9.17, 15) is 9.59 Å². The van der Waals surface area contributed by atoms with Crippen LogP contribution < -0.4 is 5.32 Å². The summed E-state index contributed by atoms with van der Waals surface area (Å²) < 4.78 is 5.16. The fourth-order valence-electron chi connectivity index (χ4n) is 3.19. The average molecular weight is 355 g/mol. The van der Waals surface area contributed by atoms with Gasteiger partial charge >= 0.3 is 0 Å². The first kappa shape index (κ1) is 18.2. The summed E-state index contributed by atoms with van der Waals surface area (Å²) in [6.45, 7) is 6.23. The number of amides is 2. The van der Waals surface area contributed by atoms with E-state index in [4.69, 9.17) is 4.42 Å². The van der Waals surface area contributed by atoms with Gasteiger partial charge in [-0.3, -0.25) is 9.59 Å². The summed E-state index contributed by atoms with van der Waals surface area (Å²) in [5.41, 5.74) is 1.01. The number of furan rings is 1. The molecule has 2 heterocycles. The van der Waals surface area contributed by atoms with Crippen LogP contribution in [0.2, 0.25) is 0 Å². The lowest BCUT2D eigenvalue weighted by Gasteiger charge is -2.36. The largest absolute Gasteiger partial charge is 0.459 e. The summed E-state index contributed by atoms with van der Waals surface area (Å²) in [5.74, 6) is -0.187. The molecule has 0 bridgehead atoms. The molecule has 1 aliphatic rings. The van der Waals surface area contributed by atoms with Crippen molar-refractivity contribution >= 4 is 11.8 Å². The second-order valence-corrected chi connectivity index (χ2v) is 6.45. The molecule has 1 fully saturated rings. The third-order valence-corrected chi connectivity index (χ3v) is 4.76. The van der Waals surface area contributed by atoms with Crippen LogP contribution in [0.15, 0.2) is 53.1 Å². The van der Waals surface area contributed by atoms with Crippen molar-refractivity contribution < 1.29 is 14.0 Å². The first-order chi connectivity index (χ1) is 12.7. The van der Waals surface area contributed by atoms with E-state index < -0.39 is 6.04 Å². The Bertz CT molecular complexity index is 707. The number of nitrogens with one attached hydrogen (secondary N) is 1. The Balaban J connectivity index is 1.71. The van der Waals surface area contributed by atoms with Gasteiger partial charge in [0.15, 0.2) is 5.76 Å². The van der Waals surface area contributed by atoms with E-state index in [1.165, 1.54) is 6.26 Å². The fraction of sp³-hybridized carbons (Fsp3) is 0.400. The normalized spacial score (nSPS) is 16.3. The molecule has 1 atom stereocenters. The Kier molecular flexibility index (Phi) is 6.07. The Morgan fingerprint density at radius 2 is 1.81 bits per heavy atom. The maximum absolute atomic E-state index is 13.1. The molecule has 0 unspecified atom stereocenters. The molecule has 1 aliphatic heterocycles. The molecule has 0 radical (unpaired) electrons. The third kappa shape index (κ3) is 4.52. The maximum atomic E-state index is 13.1. The number of likely N-dealkylation sites (N-methyl/N-ethyl adjacent to an activating group) is 1. The van der Waals surface area contributed by atoms with E-state index in [1.807, 2.05) is 35.2 Å². The van der Waals surface area contributed by atoms with Crippen molar-refractivity contribution in [1.82, 2.24) is 15.1 Å². The first-order valence-corrected chi connectivity index (χ1v) is 9.07. The van der Waals surface area contributed by atoms with Gasteiger partial charge in [-0.25, -0.2) is 0 Å². The Hall–Kier alpha value is -2.60. The van der Waals surface area contributed by atoms with Crippen molar-refractivity contribution in [1.29, 1.82) is 0 Å². The first-order valence-electron chi connectivity index (χ1n) is 9.07. The highest BCUT2D eigenvalue weighted by Gasteiger charge is 2.29. The summed E-state index contributed by atoms with van der Waals surface area (Å²) >= 11 is 0. The van der Waals surface area contributed by atoms with Crippen LogP contribution in [0.1, 0.15) is 23.0 Å². The number of carbonyl (C=O) groups is 2. The van der Waals surface area contributed by atoms with Gasteiger partial charge in [0, 0.05) is 32.6 Å². The van der Waals surface area contributed by atoms with E-state index in [2.05, 4.69) is 17.1 Å². The molecule has 6 heteroatoms. The van der Waals surface area contributed by atoms with Crippen LogP contribution in [0.25, 0.3) is 0 Å². The van der Waals surface area contributed by atoms with Crippen molar-refractivity contribution in [2.75, 3.05) is 32.7 Å². The molecular formula is C20H25N3O3. The minimum absolute atomic E-state index is 0.0375. The van der Waals surface area contributed by atoms with Gasteiger partial charge < -0.3 is 19.5 Å². The van der Waals surface area contributed by atoms with Crippen LogP contribution in [0.4, 0.5) is 0 Å². The monoisotopic (exact) mass is 355 g/mol. The van der Waals surface area contributed by atoms with Crippen LogP contribution in [0, 0.1) is 0 Å². The SMILES string of the molecule is CCN1CCN(C(=O)[C@@H](Cc2ccccc2)NC(=O)c2ccco2)CC1. The summed E-state index contributed by atoms with van der Waals surface area (Å²) in [7, 11) is 0. The summed E-state index contributed by atoms with van der Waals surface area (Å²) in [6, 6.07) is 12.4.